The number of pyridine rings is 1. The van der Waals surface area contributed by atoms with E-state index in [2.05, 4.69) is 32.6 Å². The first-order chi connectivity index (χ1) is 10.8. The van der Waals surface area contributed by atoms with Gasteiger partial charge in [0, 0.05) is 12.7 Å². The summed E-state index contributed by atoms with van der Waals surface area (Å²) < 4.78 is 5.03. The average Bonchev–Trinajstić information content (AvgIpc) is 3.29. The molecule has 0 saturated heterocycles. The third-order valence-corrected chi connectivity index (χ3v) is 4.46. The van der Waals surface area contributed by atoms with Gasteiger partial charge in [0.2, 0.25) is 5.82 Å². The number of hydrogen-bond donors (Lipinski definition) is 1. The van der Waals surface area contributed by atoms with E-state index >= 15 is 0 Å². The summed E-state index contributed by atoms with van der Waals surface area (Å²) in [6.07, 6.45) is 8.60. The fraction of sp³-hybridized carbons (Fsp3) is 0.375. The van der Waals surface area contributed by atoms with Crippen LogP contribution >= 0.6 is 0 Å². The Kier molecular flexibility index (Phi) is 3.21. The Labute approximate surface area is 127 Å². The number of rotatable bonds is 4. The number of nitrogens with zero attached hydrogens (tertiary/aromatic N) is 3. The molecular formula is C16H16N4O2. The molecule has 0 spiro atoms. The minimum absolute atomic E-state index is 0.0145. The molecule has 2 bridgehead atoms. The van der Waals surface area contributed by atoms with Crippen LogP contribution < -0.4 is 5.32 Å². The average molecular weight is 296 g/mol. The minimum atomic E-state index is -0.318. The lowest BCUT2D eigenvalue weighted by molar-refractivity contribution is 0.0901. The number of fused-ring (bicyclic) bond motifs is 2. The number of carbonyl (C=O) groups is 1. The molecule has 6 nitrogen and oxygen atoms in total. The third kappa shape index (κ3) is 2.41. The third-order valence-electron chi connectivity index (χ3n) is 4.46. The number of hydrogen-bond acceptors (Lipinski definition) is 5. The summed E-state index contributed by atoms with van der Waals surface area (Å²) in [7, 11) is 0. The summed E-state index contributed by atoms with van der Waals surface area (Å²) in [5, 5.41) is 6.71. The summed E-state index contributed by atoms with van der Waals surface area (Å²) in [6.45, 7) is 0.658. The van der Waals surface area contributed by atoms with Crippen LogP contribution in [-0.4, -0.2) is 27.6 Å². The molecule has 0 unspecified atom stereocenters. The molecule has 22 heavy (non-hydrogen) atoms. The first kappa shape index (κ1) is 13.2. The van der Waals surface area contributed by atoms with E-state index in [1.807, 2.05) is 6.07 Å². The molecule has 4 rings (SSSR count). The molecule has 1 fully saturated rings. The van der Waals surface area contributed by atoms with Crippen molar-refractivity contribution in [1.29, 1.82) is 0 Å². The van der Waals surface area contributed by atoms with Gasteiger partial charge in [-0.2, -0.15) is 4.98 Å². The van der Waals surface area contributed by atoms with Crippen LogP contribution in [0.15, 0.2) is 41.1 Å². The van der Waals surface area contributed by atoms with Gasteiger partial charge in [-0.15, -0.1) is 0 Å². The van der Waals surface area contributed by atoms with Gasteiger partial charge < -0.3 is 9.84 Å². The highest BCUT2D eigenvalue weighted by Gasteiger charge is 2.35. The fourth-order valence-electron chi connectivity index (χ4n) is 3.34. The Morgan fingerprint density at radius 2 is 2.27 bits per heavy atom. The molecule has 2 aromatic heterocycles. The standard InChI is InChI=1S/C16H16N4O2/c21-15(18-9-12-8-10-4-5-11(12)7-10)16-19-14(20-22-16)13-3-1-2-6-17-13/h1-6,10-12H,7-9H2,(H,18,21)/t10-,11-,12-/m0/s1. The zero-order chi connectivity index (χ0) is 14.9. The van der Waals surface area contributed by atoms with Crippen molar-refractivity contribution in [3.63, 3.8) is 0 Å². The summed E-state index contributed by atoms with van der Waals surface area (Å²) in [5.74, 6) is 1.83. The van der Waals surface area contributed by atoms with Crippen LogP contribution in [0.1, 0.15) is 23.5 Å². The Hall–Kier alpha value is -2.50. The van der Waals surface area contributed by atoms with Crippen molar-refractivity contribution in [2.75, 3.05) is 6.54 Å². The van der Waals surface area contributed by atoms with Crippen LogP contribution in [0, 0.1) is 17.8 Å². The Balaban J connectivity index is 1.39. The van der Waals surface area contributed by atoms with E-state index in [-0.39, 0.29) is 11.8 Å². The van der Waals surface area contributed by atoms with Crippen LogP contribution in [0.2, 0.25) is 0 Å². The molecule has 112 valence electrons. The summed E-state index contributed by atoms with van der Waals surface area (Å²) >= 11 is 0. The predicted molar refractivity (Wildman–Crippen MR) is 78.7 cm³/mol. The molecule has 1 N–H and O–H groups in total. The van der Waals surface area contributed by atoms with Gasteiger partial charge in [0.15, 0.2) is 0 Å². The molecule has 1 saturated carbocycles. The molecule has 2 heterocycles. The number of allylic oxidation sites excluding steroid dienone is 2. The maximum atomic E-state index is 12.1. The molecule has 2 aromatic rings. The largest absolute Gasteiger partial charge is 0.348 e. The van der Waals surface area contributed by atoms with Crippen molar-refractivity contribution < 1.29 is 9.32 Å². The van der Waals surface area contributed by atoms with Gasteiger partial charge >= 0.3 is 11.8 Å². The molecule has 0 aliphatic heterocycles. The van der Waals surface area contributed by atoms with E-state index in [0.29, 0.717) is 35.8 Å². The first-order valence-corrected chi connectivity index (χ1v) is 7.51. The van der Waals surface area contributed by atoms with Gasteiger partial charge in [-0.05, 0) is 42.7 Å². The smallest absolute Gasteiger partial charge is 0.316 e. The highest BCUT2D eigenvalue weighted by atomic mass is 16.5. The van der Waals surface area contributed by atoms with Crippen LogP contribution in [-0.2, 0) is 0 Å². The lowest BCUT2D eigenvalue weighted by atomic mass is 9.94. The van der Waals surface area contributed by atoms with Crippen molar-refractivity contribution in [3.05, 3.63) is 42.4 Å². The van der Waals surface area contributed by atoms with Gasteiger partial charge in [-0.3, -0.25) is 9.78 Å². The summed E-state index contributed by atoms with van der Waals surface area (Å²) in [6, 6.07) is 5.41. The van der Waals surface area contributed by atoms with E-state index in [4.69, 9.17) is 4.52 Å². The monoisotopic (exact) mass is 296 g/mol. The van der Waals surface area contributed by atoms with Crippen LogP contribution in [0.25, 0.3) is 11.5 Å². The zero-order valence-corrected chi connectivity index (χ0v) is 12.0. The molecule has 1 amide bonds. The van der Waals surface area contributed by atoms with Crippen molar-refractivity contribution in [3.8, 4) is 11.5 Å². The lowest BCUT2D eigenvalue weighted by Gasteiger charge is -2.17. The van der Waals surface area contributed by atoms with E-state index in [1.54, 1.807) is 18.3 Å². The van der Waals surface area contributed by atoms with E-state index in [9.17, 15) is 4.79 Å². The minimum Gasteiger partial charge on any atom is -0.348 e. The molecule has 0 aromatic carbocycles. The number of aromatic nitrogens is 3. The maximum Gasteiger partial charge on any atom is 0.316 e. The van der Waals surface area contributed by atoms with Gasteiger partial charge in [-0.1, -0.05) is 23.4 Å². The number of amides is 1. The molecule has 2 aliphatic carbocycles. The van der Waals surface area contributed by atoms with Gasteiger partial charge in [0.1, 0.15) is 5.69 Å². The van der Waals surface area contributed by atoms with Crippen molar-refractivity contribution in [2.45, 2.75) is 12.8 Å². The van der Waals surface area contributed by atoms with Crippen molar-refractivity contribution in [1.82, 2.24) is 20.4 Å². The highest BCUT2D eigenvalue weighted by molar-refractivity contribution is 5.89. The second kappa shape index (κ2) is 5.36. The normalized spacial score (nSPS) is 25.5. The Bertz CT molecular complexity index is 710. The number of nitrogens with one attached hydrogen (secondary N) is 1. The van der Waals surface area contributed by atoms with Gasteiger partial charge in [-0.25, -0.2) is 0 Å². The molecule has 2 aliphatic rings. The predicted octanol–water partition coefficient (Wildman–Crippen LogP) is 2.07. The summed E-state index contributed by atoms with van der Waals surface area (Å²) in [4.78, 5) is 20.3. The second-order valence-electron chi connectivity index (χ2n) is 5.89. The summed E-state index contributed by atoms with van der Waals surface area (Å²) in [5.41, 5.74) is 0.587. The maximum absolute atomic E-state index is 12.1. The molecular weight excluding hydrogens is 280 g/mol. The Morgan fingerprint density at radius 1 is 1.32 bits per heavy atom. The van der Waals surface area contributed by atoms with E-state index < -0.39 is 0 Å². The van der Waals surface area contributed by atoms with Crippen molar-refractivity contribution in [2.24, 2.45) is 17.8 Å². The van der Waals surface area contributed by atoms with Gasteiger partial charge in [0.05, 0.1) is 0 Å². The quantitative estimate of drug-likeness (QED) is 0.874. The molecule has 0 radical (unpaired) electrons. The van der Waals surface area contributed by atoms with E-state index in [0.717, 1.165) is 6.42 Å². The molecule has 6 heteroatoms. The van der Waals surface area contributed by atoms with Crippen LogP contribution in [0.4, 0.5) is 0 Å². The Morgan fingerprint density at radius 3 is 3.00 bits per heavy atom. The van der Waals surface area contributed by atoms with Crippen LogP contribution in [0.5, 0.6) is 0 Å². The lowest BCUT2D eigenvalue weighted by Crippen LogP contribution is -2.31. The fourth-order valence-corrected chi connectivity index (χ4v) is 3.34. The SMILES string of the molecule is O=C(NC[C@@H]1C[C@H]2C=C[C@H]1C2)c1nc(-c2ccccn2)no1. The van der Waals surface area contributed by atoms with Crippen LogP contribution in [0.3, 0.4) is 0 Å². The topological polar surface area (TPSA) is 80.9 Å². The second-order valence-corrected chi connectivity index (χ2v) is 5.89. The first-order valence-electron chi connectivity index (χ1n) is 7.51. The zero-order valence-electron chi connectivity index (χ0n) is 12.0. The highest BCUT2D eigenvalue weighted by Crippen LogP contribution is 2.42. The van der Waals surface area contributed by atoms with Crippen molar-refractivity contribution >= 4 is 5.91 Å². The van der Waals surface area contributed by atoms with Gasteiger partial charge in [0.25, 0.3) is 0 Å². The molecule has 3 atom stereocenters. The van der Waals surface area contributed by atoms with E-state index in [1.165, 1.54) is 6.42 Å². The number of carbonyl (C=O) groups excluding carboxylic acids is 1.